The molecule has 1 aliphatic rings. The first-order valence-electron chi connectivity index (χ1n) is 7.34. The second kappa shape index (κ2) is 7.45. The van der Waals surface area contributed by atoms with E-state index < -0.39 is 6.10 Å². The van der Waals surface area contributed by atoms with E-state index in [0.29, 0.717) is 19.1 Å². The fourth-order valence-electron chi connectivity index (χ4n) is 2.19. The zero-order valence-electron chi connectivity index (χ0n) is 12.8. The van der Waals surface area contributed by atoms with Gasteiger partial charge in [-0.05, 0) is 60.1 Å². The smallest absolute Gasteiger partial charge is 0.267 e. The molecular weight excluding hydrogens is 381 g/mol. The Kier molecular flexibility index (Phi) is 5.87. The van der Waals surface area contributed by atoms with Crippen LogP contribution < -0.4 is 9.64 Å². The molecule has 1 atom stereocenters. The lowest BCUT2D eigenvalue weighted by Crippen LogP contribution is -2.45. The van der Waals surface area contributed by atoms with Crippen molar-refractivity contribution in [3.63, 3.8) is 0 Å². The monoisotopic (exact) mass is 403 g/mol. The van der Waals surface area contributed by atoms with Gasteiger partial charge in [-0.2, -0.15) is 0 Å². The number of benzene rings is 1. The van der Waals surface area contributed by atoms with Crippen LogP contribution in [-0.2, 0) is 9.53 Å². The fourth-order valence-corrected chi connectivity index (χ4v) is 2.65. The fraction of sp³-hybridized carbons (Fsp3) is 0.562. The molecule has 0 saturated heterocycles. The third-order valence-corrected chi connectivity index (χ3v) is 4.10. The average Bonchev–Trinajstić information content (AvgIpc) is 2.42. The highest BCUT2D eigenvalue weighted by molar-refractivity contribution is 14.1. The zero-order valence-corrected chi connectivity index (χ0v) is 14.9. The summed E-state index contributed by atoms with van der Waals surface area (Å²) in [5.41, 5.74) is 0.839. The van der Waals surface area contributed by atoms with Gasteiger partial charge in [-0.15, -0.1) is 0 Å². The van der Waals surface area contributed by atoms with Crippen molar-refractivity contribution in [3.8, 4) is 5.75 Å². The number of rotatable bonds is 6. The number of hydrogen-bond donors (Lipinski definition) is 0. The number of amides is 1. The molecule has 0 saturated carbocycles. The molecule has 0 aromatic heterocycles. The lowest BCUT2D eigenvalue weighted by atomic mass is 10.1. The van der Waals surface area contributed by atoms with Crippen molar-refractivity contribution in [1.82, 2.24) is 0 Å². The van der Waals surface area contributed by atoms with Gasteiger partial charge in [0.25, 0.3) is 5.91 Å². The standard InChI is InChI=1S/C16H22INO3/c1-11(2)6-8-20-9-7-18-14-5-4-13(17)10-15(14)21-12(3)16(18)19/h4-5,10-12H,6-9H2,1-3H3. The summed E-state index contributed by atoms with van der Waals surface area (Å²) in [6, 6.07) is 5.89. The quantitative estimate of drug-likeness (QED) is 0.540. The van der Waals surface area contributed by atoms with Crippen molar-refractivity contribution >= 4 is 34.2 Å². The Morgan fingerprint density at radius 2 is 2.14 bits per heavy atom. The van der Waals surface area contributed by atoms with Gasteiger partial charge in [-0.3, -0.25) is 4.79 Å². The van der Waals surface area contributed by atoms with Crippen LogP contribution in [0.5, 0.6) is 5.75 Å². The molecule has 1 aliphatic heterocycles. The minimum Gasteiger partial charge on any atom is -0.479 e. The lowest BCUT2D eigenvalue weighted by molar-refractivity contribution is -0.125. The number of ether oxygens (including phenoxy) is 2. The van der Waals surface area contributed by atoms with E-state index in [4.69, 9.17) is 9.47 Å². The number of anilines is 1. The minimum absolute atomic E-state index is 0.00355. The van der Waals surface area contributed by atoms with Gasteiger partial charge < -0.3 is 14.4 Å². The van der Waals surface area contributed by atoms with Gasteiger partial charge >= 0.3 is 0 Å². The molecule has 21 heavy (non-hydrogen) atoms. The van der Waals surface area contributed by atoms with E-state index in [1.54, 1.807) is 11.8 Å². The van der Waals surface area contributed by atoms with E-state index in [1.165, 1.54) is 0 Å². The van der Waals surface area contributed by atoms with E-state index in [1.807, 2.05) is 18.2 Å². The van der Waals surface area contributed by atoms with Crippen LogP contribution in [0.3, 0.4) is 0 Å². The predicted molar refractivity (Wildman–Crippen MR) is 91.9 cm³/mol. The summed E-state index contributed by atoms with van der Waals surface area (Å²) in [5.74, 6) is 1.41. The second-order valence-electron chi connectivity index (χ2n) is 5.66. The summed E-state index contributed by atoms with van der Waals surface area (Å²) in [6.45, 7) is 8.00. The molecule has 1 unspecified atom stereocenters. The Morgan fingerprint density at radius 1 is 1.38 bits per heavy atom. The van der Waals surface area contributed by atoms with Gasteiger partial charge in [0.15, 0.2) is 6.10 Å². The first-order valence-corrected chi connectivity index (χ1v) is 8.42. The molecular formula is C16H22INO3. The molecule has 0 fully saturated rings. The molecule has 5 heteroatoms. The van der Waals surface area contributed by atoms with Crippen LogP contribution in [0, 0.1) is 9.49 Å². The number of carbonyl (C=O) groups excluding carboxylic acids is 1. The maximum absolute atomic E-state index is 12.3. The molecule has 0 spiro atoms. The van der Waals surface area contributed by atoms with Crippen LogP contribution in [0.2, 0.25) is 0 Å². The Morgan fingerprint density at radius 3 is 2.86 bits per heavy atom. The van der Waals surface area contributed by atoms with Crippen molar-refractivity contribution < 1.29 is 14.3 Å². The summed E-state index contributed by atoms with van der Waals surface area (Å²) in [7, 11) is 0. The van der Waals surface area contributed by atoms with Gasteiger partial charge in [-0.1, -0.05) is 13.8 Å². The first kappa shape index (κ1) is 16.5. The topological polar surface area (TPSA) is 38.8 Å². The number of carbonyl (C=O) groups is 1. The van der Waals surface area contributed by atoms with E-state index in [9.17, 15) is 4.79 Å². The number of halogens is 1. The second-order valence-corrected chi connectivity index (χ2v) is 6.90. The molecule has 1 aromatic rings. The summed E-state index contributed by atoms with van der Waals surface area (Å²) in [4.78, 5) is 14.1. The Hall–Kier alpha value is -0.820. The van der Waals surface area contributed by atoms with Crippen LogP contribution in [-0.4, -0.2) is 31.8 Å². The molecule has 1 aromatic carbocycles. The Balaban J connectivity index is 1.99. The Labute approximate surface area is 139 Å². The van der Waals surface area contributed by atoms with Crippen molar-refractivity contribution in [2.45, 2.75) is 33.3 Å². The van der Waals surface area contributed by atoms with E-state index in [0.717, 1.165) is 28.0 Å². The highest BCUT2D eigenvalue weighted by Gasteiger charge is 2.31. The minimum atomic E-state index is -0.439. The van der Waals surface area contributed by atoms with Crippen molar-refractivity contribution in [2.75, 3.05) is 24.7 Å². The summed E-state index contributed by atoms with van der Waals surface area (Å²) in [5, 5.41) is 0. The van der Waals surface area contributed by atoms with Crippen LogP contribution >= 0.6 is 22.6 Å². The molecule has 0 N–H and O–H groups in total. The van der Waals surface area contributed by atoms with Gasteiger partial charge in [-0.25, -0.2) is 0 Å². The molecule has 0 aliphatic carbocycles. The summed E-state index contributed by atoms with van der Waals surface area (Å²) in [6.07, 6.45) is 0.605. The molecule has 0 bridgehead atoms. The predicted octanol–water partition coefficient (Wildman–Crippen LogP) is 3.47. The van der Waals surface area contributed by atoms with E-state index >= 15 is 0 Å². The highest BCUT2D eigenvalue weighted by Crippen LogP contribution is 2.35. The largest absolute Gasteiger partial charge is 0.479 e. The number of hydrogen-bond acceptors (Lipinski definition) is 3. The molecule has 116 valence electrons. The van der Waals surface area contributed by atoms with E-state index in [-0.39, 0.29) is 5.91 Å². The van der Waals surface area contributed by atoms with Crippen LogP contribution in [0.15, 0.2) is 18.2 Å². The SMILES string of the molecule is CC(C)CCOCCN1C(=O)C(C)Oc2cc(I)ccc21. The maximum Gasteiger partial charge on any atom is 0.267 e. The average molecular weight is 403 g/mol. The number of nitrogens with zero attached hydrogens (tertiary/aromatic N) is 1. The Bertz CT molecular complexity index is 504. The normalized spacial score (nSPS) is 17.9. The third-order valence-electron chi connectivity index (χ3n) is 3.43. The van der Waals surface area contributed by atoms with Gasteiger partial charge in [0.2, 0.25) is 0 Å². The van der Waals surface area contributed by atoms with Crippen molar-refractivity contribution in [2.24, 2.45) is 5.92 Å². The van der Waals surface area contributed by atoms with Gasteiger partial charge in [0.05, 0.1) is 12.3 Å². The maximum atomic E-state index is 12.3. The third kappa shape index (κ3) is 4.32. The van der Waals surface area contributed by atoms with Gasteiger partial charge in [0, 0.05) is 16.7 Å². The van der Waals surface area contributed by atoms with Crippen molar-refractivity contribution in [3.05, 3.63) is 21.8 Å². The van der Waals surface area contributed by atoms with Crippen LogP contribution in [0.4, 0.5) is 5.69 Å². The van der Waals surface area contributed by atoms with Crippen molar-refractivity contribution in [1.29, 1.82) is 0 Å². The van der Waals surface area contributed by atoms with Crippen LogP contribution in [0.1, 0.15) is 27.2 Å². The van der Waals surface area contributed by atoms with E-state index in [2.05, 4.69) is 36.4 Å². The molecule has 0 radical (unpaired) electrons. The molecule has 4 nitrogen and oxygen atoms in total. The highest BCUT2D eigenvalue weighted by atomic mass is 127. The summed E-state index contributed by atoms with van der Waals surface area (Å²) >= 11 is 2.24. The first-order chi connectivity index (χ1) is 9.99. The zero-order chi connectivity index (χ0) is 15.4. The van der Waals surface area contributed by atoms with Gasteiger partial charge in [0.1, 0.15) is 5.75 Å². The van der Waals surface area contributed by atoms with Crippen LogP contribution in [0.25, 0.3) is 0 Å². The molecule has 1 heterocycles. The molecule has 1 amide bonds. The molecule has 2 rings (SSSR count). The number of fused-ring (bicyclic) bond motifs is 1. The lowest BCUT2D eigenvalue weighted by Gasteiger charge is -2.33. The summed E-state index contributed by atoms with van der Waals surface area (Å²) < 4.78 is 12.4.